The number of nitrogens with zero attached hydrogens (tertiary/aromatic N) is 3. The highest BCUT2D eigenvalue weighted by atomic mass is 15.0. The molecule has 0 atom stereocenters. The number of rotatable bonds is 7. The van der Waals surface area contributed by atoms with Crippen LogP contribution in [0.3, 0.4) is 0 Å². The first-order valence-electron chi connectivity index (χ1n) is 22.9. The smallest absolute Gasteiger partial charge is 0.164 e. The van der Waals surface area contributed by atoms with Crippen LogP contribution in [0.15, 0.2) is 249 Å². The van der Waals surface area contributed by atoms with Crippen molar-refractivity contribution in [3.8, 4) is 67.5 Å². The van der Waals surface area contributed by atoms with Crippen molar-refractivity contribution in [2.75, 3.05) is 0 Å². The largest absolute Gasteiger partial charge is 0.208 e. The summed E-state index contributed by atoms with van der Waals surface area (Å²) in [4.78, 5) is 15.5. The zero-order chi connectivity index (χ0) is 44.3. The van der Waals surface area contributed by atoms with Crippen LogP contribution >= 0.6 is 0 Å². The molecule has 0 amide bonds. The Hall–Kier alpha value is -8.79. The van der Waals surface area contributed by atoms with Gasteiger partial charge in [0.05, 0.1) is 5.41 Å². The van der Waals surface area contributed by atoms with Crippen molar-refractivity contribution in [1.82, 2.24) is 15.0 Å². The van der Waals surface area contributed by atoms with E-state index >= 15 is 0 Å². The van der Waals surface area contributed by atoms with Crippen LogP contribution in [0.25, 0.3) is 99.9 Å². The zero-order valence-electron chi connectivity index (χ0n) is 36.5. The average molecular weight is 852 g/mol. The van der Waals surface area contributed by atoms with E-state index in [1.807, 2.05) is 18.2 Å². The van der Waals surface area contributed by atoms with Crippen molar-refractivity contribution >= 4 is 32.3 Å². The summed E-state index contributed by atoms with van der Waals surface area (Å²) in [6.07, 6.45) is 0. The van der Waals surface area contributed by atoms with Crippen LogP contribution in [0.5, 0.6) is 0 Å². The number of hydrogen-bond acceptors (Lipinski definition) is 3. The van der Waals surface area contributed by atoms with Gasteiger partial charge in [0.2, 0.25) is 0 Å². The van der Waals surface area contributed by atoms with Crippen LogP contribution < -0.4 is 0 Å². The first-order chi connectivity index (χ1) is 33.2. The Labute approximate surface area is 389 Å². The molecule has 11 aromatic carbocycles. The Morgan fingerprint density at radius 3 is 1.40 bits per heavy atom. The molecule has 12 aromatic rings. The number of fused-ring (bicyclic) bond motifs is 7. The summed E-state index contributed by atoms with van der Waals surface area (Å²) in [5.41, 5.74) is 14.4. The van der Waals surface area contributed by atoms with Gasteiger partial charge in [-0.2, -0.15) is 0 Å². The maximum absolute atomic E-state index is 5.23. The monoisotopic (exact) mass is 851 g/mol. The molecule has 67 heavy (non-hydrogen) atoms. The third-order valence-corrected chi connectivity index (χ3v) is 13.8. The molecule has 0 saturated heterocycles. The molecule has 0 radical (unpaired) electrons. The molecule has 0 aliphatic heterocycles. The van der Waals surface area contributed by atoms with Gasteiger partial charge in [0.1, 0.15) is 0 Å². The number of hydrogen-bond donors (Lipinski definition) is 0. The predicted molar refractivity (Wildman–Crippen MR) is 277 cm³/mol. The molecule has 1 aliphatic rings. The second kappa shape index (κ2) is 15.7. The summed E-state index contributed by atoms with van der Waals surface area (Å²) in [5.74, 6) is 1.90. The van der Waals surface area contributed by atoms with Gasteiger partial charge in [-0.15, -0.1) is 0 Å². The lowest BCUT2D eigenvalue weighted by atomic mass is 9.67. The third kappa shape index (κ3) is 6.31. The van der Waals surface area contributed by atoms with E-state index in [0.29, 0.717) is 17.5 Å². The Bertz CT molecular complexity index is 3790. The first-order valence-corrected chi connectivity index (χ1v) is 22.9. The maximum Gasteiger partial charge on any atom is 0.164 e. The second-order valence-corrected chi connectivity index (χ2v) is 17.5. The van der Waals surface area contributed by atoms with E-state index in [4.69, 9.17) is 15.0 Å². The summed E-state index contributed by atoms with van der Waals surface area (Å²) in [5, 5.41) is 7.56. The standard InChI is InChI=1S/C64H41N3/c1-4-17-46(18-5-1)61-65-62(67-63(66-61)49-37-39-59-57(41-49)54-26-14-15-27-58(54)64(59,50-20-6-2-7-21-50)51-22-8-3-9-23-51)47-34-30-43(31-35-47)42-28-32-45(33-29-42)60-53-25-13-11-19-48(53)40-56-52-24-12-10-16-44(52)36-38-55(56)60/h1-41H. The van der Waals surface area contributed by atoms with Gasteiger partial charge in [0.15, 0.2) is 17.5 Å². The Kier molecular flexibility index (Phi) is 9.07. The van der Waals surface area contributed by atoms with E-state index in [1.54, 1.807) is 0 Å². The topological polar surface area (TPSA) is 38.7 Å². The lowest BCUT2D eigenvalue weighted by Gasteiger charge is -2.33. The molecule has 0 N–H and O–H groups in total. The van der Waals surface area contributed by atoms with Gasteiger partial charge in [-0.1, -0.05) is 237 Å². The normalized spacial score (nSPS) is 12.6. The van der Waals surface area contributed by atoms with Gasteiger partial charge in [0, 0.05) is 16.7 Å². The molecule has 0 saturated carbocycles. The van der Waals surface area contributed by atoms with E-state index in [9.17, 15) is 0 Å². The van der Waals surface area contributed by atoms with Crippen LogP contribution in [-0.2, 0) is 5.41 Å². The minimum atomic E-state index is -0.478. The Morgan fingerprint density at radius 1 is 0.254 bits per heavy atom. The molecule has 0 unspecified atom stereocenters. The summed E-state index contributed by atoms with van der Waals surface area (Å²) >= 11 is 0. The van der Waals surface area contributed by atoms with E-state index < -0.39 is 5.41 Å². The molecular formula is C64H41N3. The lowest BCUT2D eigenvalue weighted by molar-refractivity contribution is 0.768. The molecule has 1 heterocycles. The van der Waals surface area contributed by atoms with Crippen molar-refractivity contribution in [3.63, 3.8) is 0 Å². The van der Waals surface area contributed by atoms with E-state index in [1.165, 1.54) is 76.8 Å². The summed E-state index contributed by atoms with van der Waals surface area (Å²) < 4.78 is 0. The lowest BCUT2D eigenvalue weighted by Crippen LogP contribution is -2.28. The van der Waals surface area contributed by atoms with Crippen molar-refractivity contribution in [3.05, 3.63) is 271 Å². The predicted octanol–water partition coefficient (Wildman–Crippen LogP) is 16.0. The fourth-order valence-corrected chi connectivity index (χ4v) is 10.7. The summed E-state index contributed by atoms with van der Waals surface area (Å²) in [7, 11) is 0. The highest BCUT2D eigenvalue weighted by Crippen LogP contribution is 2.56. The van der Waals surface area contributed by atoms with E-state index in [2.05, 4.69) is 231 Å². The van der Waals surface area contributed by atoms with Crippen LogP contribution in [0.1, 0.15) is 22.3 Å². The van der Waals surface area contributed by atoms with Crippen molar-refractivity contribution in [2.24, 2.45) is 0 Å². The highest BCUT2D eigenvalue weighted by molar-refractivity contribution is 6.20. The quantitative estimate of drug-likeness (QED) is 0.118. The van der Waals surface area contributed by atoms with Crippen molar-refractivity contribution in [2.45, 2.75) is 5.41 Å². The molecule has 1 aromatic heterocycles. The first kappa shape index (κ1) is 38.6. The minimum Gasteiger partial charge on any atom is -0.208 e. The number of aromatic nitrogens is 3. The Balaban J connectivity index is 0.889. The summed E-state index contributed by atoms with van der Waals surface area (Å²) in [6.45, 7) is 0. The zero-order valence-corrected chi connectivity index (χ0v) is 36.5. The fraction of sp³-hybridized carbons (Fsp3) is 0.0156. The summed E-state index contributed by atoms with van der Waals surface area (Å²) in [6, 6.07) is 89.5. The van der Waals surface area contributed by atoms with Crippen LogP contribution in [-0.4, -0.2) is 15.0 Å². The van der Waals surface area contributed by atoms with Crippen LogP contribution in [0.2, 0.25) is 0 Å². The van der Waals surface area contributed by atoms with Crippen LogP contribution in [0.4, 0.5) is 0 Å². The van der Waals surface area contributed by atoms with Gasteiger partial charge in [0.25, 0.3) is 0 Å². The average Bonchev–Trinajstić information content (AvgIpc) is 3.71. The third-order valence-electron chi connectivity index (χ3n) is 13.8. The molecule has 13 rings (SSSR count). The van der Waals surface area contributed by atoms with Crippen molar-refractivity contribution < 1.29 is 0 Å². The van der Waals surface area contributed by atoms with E-state index in [0.717, 1.165) is 27.8 Å². The maximum atomic E-state index is 5.23. The van der Waals surface area contributed by atoms with Crippen molar-refractivity contribution in [1.29, 1.82) is 0 Å². The molecule has 3 heteroatoms. The molecule has 312 valence electrons. The second-order valence-electron chi connectivity index (χ2n) is 17.5. The molecular weight excluding hydrogens is 811 g/mol. The number of benzene rings is 11. The molecule has 0 bridgehead atoms. The molecule has 0 fully saturated rings. The Morgan fingerprint density at radius 2 is 0.731 bits per heavy atom. The van der Waals surface area contributed by atoms with Crippen LogP contribution in [0, 0.1) is 0 Å². The van der Waals surface area contributed by atoms with E-state index in [-0.39, 0.29) is 0 Å². The molecule has 0 spiro atoms. The van der Waals surface area contributed by atoms with Gasteiger partial charge < -0.3 is 0 Å². The fourth-order valence-electron chi connectivity index (χ4n) is 10.7. The van der Waals surface area contributed by atoms with Gasteiger partial charge >= 0.3 is 0 Å². The minimum absolute atomic E-state index is 0.478. The SMILES string of the molecule is c1ccc(-c2nc(-c3ccc(-c4ccc(-c5c6ccccc6cc6c5ccc5ccccc56)cc4)cc3)nc(-c3ccc4c(c3)-c3ccccc3C4(c3ccccc3)c3ccccc3)n2)cc1. The molecule has 1 aliphatic carbocycles. The highest BCUT2D eigenvalue weighted by Gasteiger charge is 2.46. The molecule has 3 nitrogen and oxygen atoms in total. The van der Waals surface area contributed by atoms with Gasteiger partial charge in [-0.25, -0.2) is 15.0 Å². The van der Waals surface area contributed by atoms with Gasteiger partial charge in [-0.05, 0) is 100 Å². The van der Waals surface area contributed by atoms with Gasteiger partial charge in [-0.3, -0.25) is 0 Å².